The first-order valence-corrected chi connectivity index (χ1v) is 7.00. The highest BCUT2D eigenvalue weighted by atomic mass is 14.9. The third-order valence-corrected chi connectivity index (χ3v) is 4.05. The zero-order valence-electron chi connectivity index (χ0n) is 11.4. The van der Waals surface area contributed by atoms with E-state index in [1.807, 2.05) is 6.92 Å². The van der Waals surface area contributed by atoms with Crippen LogP contribution in [0.4, 0.5) is 0 Å². The van der Waals surface area contributed by atoms with Crippen molar-refractivity contribution in [1.82, 2.24) is 10.3 Å². The van der Waals surface area contributed by atoms with Crippen molar-refractivity contribution in [2.75, 3.05) is 0 Å². The summed E-state index contributed by atoms with van der Waals surface area (Å²) in [6.07, 6.45) is 0. The van der Waals surface area contributed by atoms with Crippen molar-refractivity contribution in [3.63, 3.8) is 0 Å². The Kier molecular flexibility index (Phi) is 2.57. The Morgan fingerprint density at radius 2 is 1.95 bits per heavy atom. The molecule has 2 nitrogen and oxygen atoms in total. The summed E-state index contributed by atoms with van der Waals surface area (Å²) in [6.45, 7) is 2.98. The molecule has 2 heteroatoms. The molecular weight excluding hydrogens is 244 g/mol. The predicted octanol–water partition coefficient (Wildman–Crippen LogP) is 3.74. The Morgan fingerprint density at radius 1 is 1.05 bits per heavy atom. The number of rotatable bonds is 1. The fourth-order valence-electron chi connectivity index (χ4n) is 3.02. The first kappa shape index (κ1) is 11.6. The Hall–Kier alpha value is -2.19. The van der Waals surface area contributed by atoms with E-state index < -0.39 is 0 Å². The molecule has 1 aliphatic rings. The van der Waals surface area contributed by atoms with E-state index in [2.05, 4.69) is 64.9 Å². The zero-order chi connectivity index (χ0) is 13.5. The molecule has 1 unspecified atom stereocenters. The molecule has 1 atom stereocenters. The SMILES string of the molecule is Cc1ccc2cc(C3NCc4ccccc43)ccc2n1. The summed E-state index contributed by atoms with van der Waals surface area (Å²) in [6, 6.07) is 19.7. The number of nitrogens with zero attached hydrogens (tertiary/aromatic N) is 1. The van der Waals surface area contributed by atoms with E-state index in [1.54, 1.807) is 0 Å². The van der Waals surface area contributed by atoms with Gasteiger partial charge in [-0.25, -0.2) is 0 Å². The van der Waals surface area contributed by atoms with Gasteiger partial charge in [-0.2, -0.15) is 0 Å². The summed E-state index contributed by atoms with van der Waals surface area (Å²) >= 11 is 0. The molecule has 98 valence electrons. The van der Waals surface area contributed by atoms with Crippen LogP contribution in [0.2, 0.25) is 0 Å². The van der Waals surface area contributed by atoms with Gasteiger partial charge in [-0.15, -0.1) is 0 Å². The minimum absolute atomic E-state index is 0.303. The van der Waals surface area contributed by atoms with Gasteiger partial charge in [-0.05, 0) is 41.8 Å². The molecule has 0 bridgehead atoms. The summed E-state index contributed by atoms with van der Waals surface area (Å²) in [7, 11) is 0. The summed E-state index contributed by atoms with van der Waals surface area (Å²) in [5.74, 6) is 0. The van der Waals surface area contributed by atoms with Crippen LogP contribution in [0.25, 0.3) is 10.9 Å². The normalized spacial score (nSPS) is 17.4. The highest BCUT2D eigenvalue weighted by Gasteiger charge is 2.22. The van der Waals surface area contributed by atoms with Crippen LogP contribution in [0.5, 0.6) is 0 Å². The van der Waals surface area contributed by atoms with E-state index in [1.165, 1.54) is 22.1 Å². The van der Waals surface area contributed by atoms with E-state index in [0.29, 0.717) is 6.04 Å². The quantitative estimate of drug-likeness (QED) is 0.721. The van der Waals surface area contributed by atoms with Crippen molar-refractivity contribution in [3.8, 4) is 0 Å². The van der Waals surface area contributed by atoms with Gasteiger partial charge in [0.25, 0.3) is 0 Å². The van der Waals surface area contributed by atoms with Gasteiger partial charge in [0.1, 0.15) is 0 Å². The molecule has 0 fully saturated rings. The average Bonchev–Trinajstić information content (AvgIpc) is 2.91. The fourth-order valence-corrected chi connectivity index (χ4v) is 3.02. The van der Waals surface area contributed by atoms with E-state index in [9.17, 15) is 0 Å². The van der Waals surface area contributed by atoms with Crippen LogP contribution in [0.1, 0.15) is 28.4 Å². The molecule has 0 amide bonds. The minimum atomic E-state index is 0.303. The maximum absolute atomic E-state index is 4.57. The summed E-state index contributed by atoms with van der Waals surface area (Å²) in [4.78, 5) is 4.57. The molecule has 1 N–H and O–H groups in total. The predicted molar refractivity (Wildman–Crippen MR) is 81.6 cm³/mol. The number of aromatic nitrogens is 1. The topological polar surface area (TPSA) is 24.9 Å². The molecule has 20 heavy (non-hydrogen) atoms. The molecule has 1 aromatic heterocycles. The van der Waals surface area contributed by atoms with Crippen LogP contribution >= 0.6 is 0 Å². The highest BCUT2D eigenvalue weighted by Crippen LogP contribution is 2.31. The van der Waals surface area contributed by atoms with Gasteiger partial charge in [0.05, 0.1) is 11.6 Å². The van der Waals surface area contributed by atoms with Gasteiger partial charge in [0.15, 0.2) is 0 Å². The van der Waals surface area contributed by atoms with Gasteiger partial charge < -0.3 is 5.32 Å². The van der Waals surface area contributed by atoms with E-state index in [-0.39, 0.29) is 0 Å². The number of nitrogens with one attached hydrogen (secondary N) is 1. The fraction of sp³-hybridized carbons (Fsp3) is 0.167. The number of benzene rings is 2. The van der Waals surface area contributed by atoms with E-state index in [0.717, 1.165) is 17.8 Å². The van der Waals surface area contributed by atoms with Gasteiger partial charge in [0, 0.05) is 17.6 Å². The van der Waals surface area contributed by atoms with Gasteiger partial charge >= 0.3 is 0 Å². The second-order valence-electron chi connectivity index (χ2n) is 5.42. The molecule has 0 aliphatic carbocycles. The number of hydrogen-bond acceptors (Lipinski definition) is 2. The zero-order valence-corrected chi connectivity index (χ0v) is 11.4. The molecule has 1 aliphatic heterocycles. The summed E-state index contributed by atoms with van der Waals surface area (Å²) < 4.78 is 0. The Morgan fingerprint density at radius 3 is 2.90 bits per heavy atom. The molecule has 2 heterocycles. The molecular formula is C18H16N2. The van der Waals surface area contributed by atoms with Gasteiger partial charge in [0.2, 0.25) is 0 Å². The smallest absolute Gasteiger partial charge is 0.0705 e. The van der Waals surface area contributed by atoms with Crippen molar-refractivity contribution in [3.05, 3.63) is 77.0 Å². The molecule has 2 aromatic carbocycles. The van der Waals surface area contributed by atoms with Crippen molar-refractivity contribution >= 4 is 10.9 Å². The molecule has 4 rings (SSSR count). The van der Waals surface area contributed by atoms with Crippen molar-refractivity contribution in [2.24, 2.45) is 0 Å². The number of fused-ring (bicyclic) bond motifs is 2. The number of pyridine rings is 1. The monoisotopic (exact) mass is 260 g/mol. The molecule has 0 spiro atoms. The molecule has 3 aromatic rings. The van der Waals surface area contributed by atoms with Gasteiger partial charge in [-0.1, -0.05) is 36.4 Å². The van der Waals surface area contributed by atoms with Crippen LogP contribution in [-0.4, -0.2) is 4.98 Å². The molecule has 0 saturated heterocycles. The van der Waals surface area contributed by atoms with Crippen LogP contribution in [-0.2, 0) is 6.54 Å². The first-order valence-electron chi connectivity index (χ1n) is 7.00. The maximum atomic E-state index is 4.57. The lowest BCUT2D eigenvalue weighted by molar-refractivity contribution is 0.668. The Balaban J connectivity index is 1.82. The Labute approximate surface area is 118 Å². The second-order valence-corrected chi connectivity index (χ2v) is 5.42. The standard InChI is InChI=1S/C18H16N2/c1-12-6-7-13-10-14(8-9-17(13)20-12)18-16-5-3-2-4-15(16)11-19-18/h2-10,18-19H,11H2,1H3. The number of aryl methyl sites for hydroxylation is 1. The summed E-state index contributed by atoms with van der Waals surface area (Å²) in [5.41, 5.74) is 6.24. The highest BCUT2D eigenvalue weighted by molar-refractivity contribution is 5.79. The van der Waals surface area contributed by atoms with Crippen LogP contribution in [0.15, 0.2) is 54.6 Å². The molecule has 0 radical (unpaired) electrons. The van der Waals surface area contributed by atoms with Crippen molar-refractivity contribution in [1.29, 1.82) is 0 Å². The largest absolute Gasteiger partial charge is 0.302 e. The van der Waals surface area contributed by atoms with Crippen LogP contribution in [0.3, 0.4) is 0 Å². The van der Waals surface area contributed by atoms with Crippen LogP contribution < -0.4 is 5.32 Å². The minimum Gasteiger partial charge on any atom is -0.302 e. The summed E-state index contributed by atoms with van der Waals surface area (Å²) in [5, 5.41) is 4.80. The maximum Gasteiger partial charge on any atom is 0.0705 e. The van der Waals surface area contributed by atoms with E-state index in [4.69, 9.17) is 0 Å². The molecule has 0 saturated carbocycles. The number of hydrogen-bond donors (Lipinski definition) is 1. The lowest BCUT2D eigenvalue weighted by atomic mass is 9.97. The average molecular weight is 260 g/mol. The lowest BCUT2D eigenvalue weighted by Crippen LogP contribution is -2.13. The van der Waals surface area contributed by atoms with Gasteiger partial charge in [-0.3, -0.25) is 4.98 Å². The van der Waals surface area contributed by atoms with Crippen LogP contribution in [0, 0.1) is 6.92 Å². The third kappa shape index (κ3) is 1.81. The van der Waals surface area contributed by atoms with Crippen molar-refractivity contribution in [2.45, 2.75) is 19.5 Å². The first-order chi connectivity index (χ1) is 9.81. The lowest BCUT2D eigenvalue weighted by Gasteiger charge is -2.13. The van der Waals surface area contributed by atoms with E-state index >= 15 is 0 Å². The Bertz CT molecular complexity index is 792. The third-order valence-electron chi connectivity index (χ3n) is 4.05. The second kappa shape index (κ2) is 4.43. The van der Waals surface area contributed by atoms with Crippen molar-refractivity contribution < 1.29 is 0 Å².